The summed E-state index contributed by atoms with van der Waals surface area (Å²) in [5.41, 5.74) is 0. The topological polar surface area (TPSA) is 60.4 Å². The smallest absolute Gasteiger partial charge is 0.316 e. The molecule has 88 valence electrons. The maximum atomic E-state index is 11.3. The van der Waals surface area contributed by atoms with Gasteiger partial charge in [0.25, 0.3) is 0 Å². The number of methoxy groups -OCH3 is 1. The fraction of sp³-hybridized carbons (Fsp3) is 0.778. The summed E-state index contributed by atoms with van der Waals surface area (Å²) in [5.74, 6) is -1.59. The molecule has 0 radical (unpaired) electrons. The van der Waals surface area contributed by atoms with E-state index in [1.165, 1.54) is 25.8 Å². The highest BCUT2D eigenvalue weighted by molar-refractivity contribution is 8.10. The van der Waals surface area contributed by atoms with Crippen LogP contribution in [0.15, 0.2) is 0 Å². The fourth-order valence-corrected chi connectivity index (χ4v) is 3.06. The Hall–Kier alpha value is -0.360. The first-order valence-corrected chi connectivity index (χ1v) is 7.28. The molecule has 0 aliphatic heterocycles. The van der Waals surface area contributed by atoms with Crippen molar-refractivity contribution in [3.05, 3.63) is 0 Å². The SMILES string of the molecule is COC(=O)C(CC(SC)S(C)=O)C(C)=O. The second-order valence-corrected chi connectivity index (χ2v) is 5.99. The number of carbonyl (C=O) groups is 2. The lowest BCUT2D eigenvalue weighted by Crippen LogP contribution is -2.28. The third-order valence-electron chi connectivity index (χ3n) is 2.04. The van der Waals surface area contributed by atoms with E-state index in [4.69, 9.17) is 0 Å². The van der Waals surface area contributed by atoms with E-state index in [1.54, 1.807) is 12.5 Å². The molecule has 0 spiro atoms. The van der Waals surface area contributed by atoms with Crippen LogP contribution in [-0.2, 0) is 25.1 Å². The molecule has 0 fully saturated rings. The highest BCUT2D eigenvalue weighted by Gasteiger charge is 2.28. The first-order chi connectivity index (χ1) is 6.93. The minimum Gasteiger partial charge on any atom is -0.468 e. The summed E-state index contributed by atoms with van der Waals surface area (Å²) in [6.45, 7) is 1.34. The van der Waals surface area contributed by atoms with Gasteiger partial charge in [-0.25, -0.2) is 0 Å². The van der Waals surface area contributed by atoms with E-state index in [-0.39, 0.29) is 16.8 Å². The van der Waals surface area contributed by atoms with Gasteiger partial charge in [0.05, 0.1) is 11.7 Å². The third-order valence-corrected chi connectivity index (χ3v) is 5.08. The molecule has 0 aromatic rings. The van der Waals surface area contributed by atoms with Gasteiger partial charge in [0.2, 0.25) is 0 Å². The number of hydrogen-bond acceptors (Lipinski definition) is 5. The van der Waals surface area contributed by atoms with Crippen LogP contribution < -0.4 is 0 Å². The molecule has 6 heteroatoms. The molecule has 0 N–H and O–H groups in total. The molecule has 0 aliphatic carbocycles. The molecule has 0 saturated carbocycles. The lowest BCUT2D eigenvalue weighted by molar-refractivity contribution is -0.149. The Balaban J connectivity index is 4.59. The predicted molar refractivity (Wildman–Crippen MR) is 62.2 cm³/mol. The highest BCUT2D eigenvalue weighted by Crippen LogP contribution is 2.21. The van der Waals surface area contributed by atoms with Crippen LogP contribution in [0.1, 0.15) is 13.3 Å². The van der Waals surface area contributed by atoms with E-state index in [0.717, 1.165) is 0 Å². The Morgan fingerprint density at radius 3 is 2.27 bits per heavy atom. The standard InChI is InChI=1S/C9H16O4S2/c1-6(10)7(9(11)13-2)5-8(14-3)15(4)12/h7-8H,5H2,1-4H3. The molecule has 0 amide bonds. The van der Waals surface area contributed by atoms with Crippen molar-refractivity contribution in [3.63, 3.8) is 0 Å². The fourth-order valence-electron chi connectivity index (χ4n) is 1.13. The van der Waals surface area contributed by atoms with E-state index in [2.05, 4.69) is 4.74 Å². The quantitative estimate of drug-likeness (QED) is 0.517. The van der Waals surface area contributed by atoms with E-state index >= 15 is 0 Å². The maximum absolute atomic E-state index is 11.3. The maximum Gasteiger partial charge on any atom is 0.316 e. The van der Waals surface area contributed by atoms with Crippen molar-refractivity contribution >= 4 is 34.3 Å². The number of Topliss-reactive ketones (excluding diaryl/α,β-unsaturated/α-hetero) is 1. The number of rotatable bonds is 6. The molecule has 0 aromatic heterocycles. The zero-order chi connectivity index (χ0) is 12.0. The first kappa shape index (κ1) is 14.6. The summed E-state index contributed by atoms with van der Waals surface area (Å²) < 4.78 is 15.6. The van der Waals surface area contributed by atoms with E-state index in [1.807, 2.05) is 0 Å². The summed E-state index contributed by atoms with van der Waals surface area (Å²) in [5, 5.41) is 0. The molecule has 0 rings (SSSR count). The molecule has 0 aliphatic rings. The van der Waals surface area contributed by atoms with Crippen LogP contribution in [-0.4, -0.2) is 40.2 Å². The Labute approximate surface area is 96.6 Å². The predicted octanol–water partition coefficient (Wildman–Crippen LogP) is 0.822. The number of ketones is 1. The normalized spacial score (nSPS) is 16.5. The lowest BCUT2D eigenvalue weighted by atomic mass is 10.0. The second kappa shape index (κ2) is 7.00. The summed E-state index contributed by atoms with van der Waals surface area (Å²) in [7, 11) is 0.189. The van der Waals surface area contributed by atoms with E-state index in [0.29, 0.717) is 0 Å². The van der Waals surface area contributed by atoms with Crippen molar-refractivity contribution in [2.75, 3.05) is 19.6 Å². The zero-order valence-electron chi connectivity index (χ0n) is 9.31. The van der Waals surface area contributed by atoms with Gasteiger partial charge in [-0.1, -0.05) is 0 Å². The summed E-state index contributed by atoms with van der Waals surface area (Å²) >= 11 is 1.39. The molecular weight excluding hydrogens is 236 g/mol. The van der Waals surface area contributed by atoms with Crippen LogP contribution in [0.2, 0.25) is 0 Å². The van der Waals surface area contributed by atoms with Gasteiger partial charge < -0.3 is 4.74 Å². The lowest BCUT2D eigenvalue weighted by Gasteiger charge is -2.16. The van der Waals surface area contributed by atoms with Crippen molar-refractivity contribution in [3.8, 4) is 0 Å². The monoisotopic (exact) mass is 252 g/mol. The van der Waals surface area contributed by atoms with Gasteiger partial charge in [-0.05, 0) is 19.6 Å². The highest BCUT2D eigenvalue weighted by atomic mass is 32.2. The van der Waals surface area contributed by atoms with Gasteiger partial charge >= 0.3 is 5.97 Å². The van der Waals surface area contributed by atoms with Crippen LogP contribution in [0.4, 0.5) is 0 Å². The van der Waals surface area contributed by atoms with Gasteiger partial charge in [-0.15, -0.1) is 11.8 Å². The van der Waals surface area contributed by atoms with Crippen LogP contribution in [0.25, 0.3) is 0 Å². The van der Waals surface area contributed by atoms with Crippen LogP contribution in [0.3, 0.4) is 0 Å². The summed E-state index contributed by atoms with van der Waals surface area (Å²) in [6, 6.07) is 0. The van der Waals surface area contributed by atoms with Crippen LogP contribution >= 0.6 is 11.8 Å². The van der Waals surface area contributed by atoms with Gasteiger partial charge in [-0.2, -0.15) is 0 Å². The molecule has 3 atom stereocenters. The molecule has 0 heterocycles. The van der Waals surface area contributed by atoms with E-state index < -0.39 is 22.7 Å². The molecule has 3 unspecified atom stereocenters. The average molecular weight is 252 g/mol. The van der Waals surface area contributed by atoms with Crippen molar-refractivity contribution in [1.29, 1.82) is 0 Å². The minimum absolute atomic E-state index is 0.210. The molecular formula is C9H16O4S2. The number of esters is 1. The second-order valence-electron chi connectivity index (χ2n) is 3.09. The first-order valence-electron chi connectivity index (χ1n) is 4.37. The number of carbonyl (C=O) groups excluding carboxylic acids is 2. The largest absolute Gasteiger partial charge is 0.468 e. The van der Waals surface area contributed by atoms with Crippen LogP contribution in [0.5, 0.6) is 0 Å². The van der Waals surface area contributed by atoms with Gasteiger partial charge in [-0.3, -0.25) is 13.8 Å². The van der Waals surface area contributed by atoms with Gasteiger partial charge in [0.15, 0.2) is 0 Å². The average Bonchev–Trinajstić information content (AvgIpc) is 2.17. The molecule has 15 heavy (non-hydrogen) atoms. The number of hydrogen-bond donors (Lipinski definition) is 0. The Morgan fingerprint density at radius 1 is 1.47 bits per heavy atom. The Morgan fingerprint density at radius 2 is 2.00 bits per heavy atom. The number of thioether (sulfide) groups is 1. The number of ether oxygens (including phenoxy) is 1. The summed E-state index contributed by atoms with van der Waals surface area (Å²) in [4.78, 5) is 22.5. The van der Waals surface area contributed by atoms with Crippen molar-refractivity contribution < 1.29 is 18.5 Å². The van der Waals surface area contributed by atoms with Crippen LogP contribution in [0, 0.1) is 5.92 Å². The van der Waals surface area contributed by atoms with Crippen molar-refractivity contribution in [2.24, 2.45) is 5.92 Å². The molecule has 0 saturated heterocycles. The summed E-state index contributed by atoms with van der Waals surface area (Å²) in [6.07, 6.45) is 3.64. The molecule has 0 aromatic carbocycles. The van der Waals surface area contributed by atoms with E-state index in [9.17, 15) is 13.8 Å². The molecule has 0 bridgehead atoms. The Kier molecular flexibility index (Phi) is 6.84. The Bertz CT molecular complexity index is 265. The van der Waals surface area contributed by atoms with Crippen molar-refractivity contribution in [2.45, 2.75) is 17.9 Å². The zero-order valence-corrected chi connectivity index (χ0v) is 10.9. The minimum atomic E-state index is -1.06. The molecule has 4 nitrogen and oxygen atoms in total. The van der Waals surface area contributed by atoms with Gasteiger partial charge in [0.1, 0.15) is 11.7 Å². The third kappa shape index (κ3) is 4.79. The van der Waals surface area contributed by atoms with Crippen molar-refractivity contribution in [1.82, 2.24) is 0 Å². The van der Waals surface area contributed by atoms with Gasteiger partial charge in [0, 0.05) is 17.1 Å².